The molecular weight excluding hydrogens is 256 g/mol. The van der Waals surface area contributed by atoms with E-state index >= 15 is 0 Å². The summed E-state index contributed by atoms with van der Waals surface area (Å²) in [6, 6.07) is 4.80. The average molecular weight is 278 g/mol. The van der Waals surface area contributed by atoms with Crippen LogP contribution in [-0.2, 0) is 6.42 Å². The Bertz CT molecular complexity index is 504. The van der Waals surface area contributed by atoms with Gasteiger partial charge in [0.05, 0.1) is 17.0 Å². The maximum Gasteiger partial charge on any atom is 0.103 e. The number of nitrogens with one attached hydrogen (secondary N) is 1. The summed E-state index contributed by atoms with van der Waals surface area (Å²) in [5.41, 5.74) is 1.15. The van der Waals surface area contributed by atoms with Gasteiger partial charge in [-0.2, -0.15) is 0 Å². The van der Waals surface area contributed by atoms with E-state index in [2.05, 4.69) is 38.0 Å². The summed E-state index contributed by atoms with van der Waals surface area (Å²) >= 11 is 1.79. The zero-order valence-electron chi connectivity index (χ0n) is 12.1. The SMILES string of the molecule is Cc1nc(C)c(C(C)NC(C)CCc2ccco2)s1. The second-order valence-electron chi connectivity index (χ2n) is 5.09. The molecule has 2 heterocycles. The molecule has 0 spiro atoms. The minimum atomic E-state index is 0.359. The summed E-state index contributed by atoms with van der Waals surface area (Å²) in [5, 5.41) is 4.78. The second-order valence-corrected chi connectivity index (χ2v) is 6.32. The molecule has 19 heavy (non-hydrogen) atoms. The standard InChI is InChI=1S/C15H22N2OS/c1-10(7-8-14-6-5-9-18-14)16-11(2)15-12(3)17-13(4)19-15/h5-6,9-11,16H,7-8H2,1-4H3. The molecule has 0 saturated carbocycles. The van der Waals surface area contributed by atoms with Crippen LogP contribution in [0.2, 0.25) is 0 Å². The van der Waals surface area contributed by atoms with Crippen molar-refractivity contribution in [2.75, 3.05) is 0 Å². The number of hydrogen-bond acceptors (Lipinski definition) is 4. The van der Waals surface area contributed by atoms with Crippen LogP contribution in [0.15, 0.2) is 22.8 Å². The van der Waals surface area contributed by atoms with Crippen LogP contribution in [-0.4, -0.2) is 11.0 Å². The van der Waals surface area contributed by atoms with Crippen molar-refractivity contribution in [2.24, 2.45) is 0 Å². The highest BCUT2D eigenvalue weighted by atomic mass is 32.1. The lowest BCUT2D eigenvalue weighted by atomic mass is 10.1. The molecule has 2 rings (SSSR count). The maximum atomic E-state index is 5.36. The van der Waals surface area contributed by atoms with Crippen LogP contribution in [0.5, 0.6) is 0 Å². The summed E-state index contributed by atoms with van der Waals surface area (Å²) in [4.78, 5) is 5.84. The van der Waals surface area contributed by atoms with E-state index in [9.17, 15) is 0 Å². The molecule has 0 aliphatic rings. The average Bonchev–Trinajstić information content (AvgIpc) is 2.96. The van der Waals surface area contributed by atoms with Crippen molar-refractivity contribution in [1.29, 1.82) is 0 Å². The van der Waals surface area contributed by atoms with E-state index in [1.165, 1.54) is 4.88 Å². The largest absolute Gasteiger partial charge is 0.469 e. The molecule has 0 radical (unpaired) electrons. The van der Waals surface area contributed by atoms with Gasteiger partial charge in [-0.3, -0.25) is 0 Å². The molecule has 3 nitrogen and oxygen atoms in total. The van der Waals surface area contributed by atoms with Gasteiger partial charge in [0, 0.05) is 23.4 Å². The molecule has 0 amide bonds. The zero-order valence-corrected chi connectivity index (χ0v) is 12.9. The first kappa shape index (κ1) is 14.3. The number of rotatable bonds is 6. The molecule has 0 aliphatic carbocycles. The molecule has 0 aromatic carbocycles. The van der Waals surface area contributed by atoms with Gasteiger partial charge >= 0.3 is 0 Å². The van der Waals surface area contributed by atoms with Gasteiger partial charge in [-0.1, -0.05) is 0 Å². The summed E-state index contributed by atoms with van der Waals surface area (Å²) in [6.07, 6.45) is 3.79. The highest BCUT2D eigenvalue weighted by Gasteiger charge is 2.15. The van der Waals surface area contributed by atoms with Crippen molar-refractivity contribution < 1.29 is 4.42 Å². The van der Waals surface area contributed by atoms with Crippen LogP contribution in [0.1, 0.15) is 47.6 Å². The van der Waals surface area contributed by atoms with Crippen molar-refractivity contribution in [1.82, 2.24) is 10.3 Å². The van der Waals surface area contributed by atoms with E-state index in [1.54, 1.807) is 17.6 Å². The van der Waals surface area contributed by atoms with Crippen molar-refractivity contribution in [3.05, 3.63) is 39.7 Å². The van der Waals surface area contributed by atoms with Crippen molar-refractivity contribution in [3.8, 4) is 0 Å². The predicted octanol–water partition coefficient (Wildman–Crippen LogP) is 4.02. The highest BCUT2D eigenvalue weighted by Crippen LogP contribution is 2.25. The van der Waals surface area contributed by atoms with E-state index in [0.29, 0.717) is 12.1 Å². The molecule has 2 unspecified atom stereocenters. The summed E-state index contributed by atoms with van der Waals surface area (Å²) in [5.74, 6) is 1.06. The number of hydrogen-bond donors (Lipinski definition) is 1. The van der Waals surface area contributed by atoms with E-state index in [4.69, 9.17) is 4.42 Å². The molecular formula is C15H22N2OS. The number of nitrogens with zero attached hydrogens (tertiary/aromatic N) is 1. The van der Waals surface area contributed by atoms with Gasteiger partial charge in [-0.15, -0.1) is 11.3 Å². The number of furan rings is 1. The Kier molecular flexibility index (Phi) is 4.77. The van der Waals surface area contributed by atoms with Crippen LogP contribution in [0.3, 0.4) is 0 Å². The molecule has 1 N–H and O–H groups in total. The Balaban J connectivity index is 1.84. The Labute approximate surface area is 119 Å². The molecule has 0 fully saturated rings. The van der Waals surface area contributed by atoms with Gasteiger partial charge < -0.3 is 9.73 Å². The lowest BCUT2D eigenvalue weighted by molar-refractivity contribution is 0.432. The Morgan fingerprint density at radius 1 is 1.37 bits per heavy atom. The van der Waals surface area contributed by atoms with Crippen LogP contribution in [0.25, 0.3) is 0 Å². The zero-order chi connectivity index (χ0) is 13.8. The van der Waals surface area contributed by atoms with E-state index < -0.39 is 0 Å². The minimum absolute atomic E-state index is 0.359. The third-order valence-electron chi connectivity index (χ3n) is 3.27. The molecule has 2 aromatic rings. The molecule has 0 bridgehead atoms. The van der Waals surface area contributed by atoms with Crippen LogP contribution < -0.4 is 5.32 Å². The summed E-state index contributed by atoms with van der Waals surface area (Å²) in [6.45, 7) is 8.59. The first-order valence-electron chi connectivity index (χ1n) is 6.78. The van der Waals surface area contributed by atoms with Gasteiger partial charge in [-0.05, 0) is 46.2 Å². The van der Waals surface area contributed by atoms with Crippen LogP contribution in [0.4, 0.5) is 0 Å². The Morgan fingerprint density at radius 2 is 2.16 bits per heavy atom. The summed E-state index contributed by atoms with van der Waals surface area (Å²) < 4.78 is 5.36. The van der Waals surface area contributed by atoms with Crippen molar-refractivity contribution >= 4 is 11.3 Å². The third kappa shape index (κ3) is 3.91. The van der Waals surface area contributed by atoms with Gasteiger partial charge in [-0.25, -0.2) is 4.98 Å². The lowest BCUT2D eigenvalue weighted by Gasteiger charge is -2.19. The first-order valence-corrected chi connectivity index (χ1v) is 7.60. The van der Waals surface area contributed by atoms with Gasteiger partial charge in [0.25, 0.3) is 0 Å². The quantitative estimate of drug-likeness (QED) is 0.867. The molecule has 2 atom stereocenters. The van der Waals surface area contributed by atoms with E-state index in [-0.39, 0.29) is 0 Å². The fraction of sp³-hybridized carbons (Fsp3) is 0.533. The van der Waals surface area contributed by atoms with Gasteiger partial charge in [0.2, 0.25) is 0 Å². The van der Waals surface area contributed by atoms with Gasteiger partial charge in [0.1, 0.15) is 5.76 Å². The molecule has 0 saturated heterocycles. The maximum absolute atomic E-state index is 5.36. The van der Waals surface area contributed by atoms with E-state index in [1.807, 2.05) is 12.1 Å². The second kappa shape index (κ2) is 6.35. The first-order chi connectivity index (χ1) is 9.06. The van der Waals surface area contributed by atoms with E-state index in [0.717, 1.165) is 29.3 Å². The van der Waals surface area contributed by atoms with Crippen molar-refractivity contribution in [2.45, 2.75) is 52.6 Å². The summed E-state index contributed by atoms with van der Waals surface area (Å²) in [7, 11) is 0. The predicted molar refractivity (Wildman–Crippen MR) is 79.6 cm³/mol. The molecule has 0 aliphatic heterocycles. The van der Waals surface area contributed by atoms with Crippen LogP contribution >= 0.6 is 11.3 Å². The van der Waals surface area contributed by atoms with Crippen LogP contribution in [0, 0.1) is 13.8 Å². The molecule has 4 heteroatoms. The Morgan fingerprint density at radius 3 is 2.74 bits per heavy atom. The smallest absolute Gasteiger partial charge is 0.103 e. The normalized spacial score (nSPS) is 14.5. The fourth-order valence-electron chi connectivity index (χ4n) is 2.35. The van der Waals surface area contributed by atoms with Gasteiger partial charge in [0.15, 0.2) is 0 Å². The van der Waals surface area contributed by atoms with Crippen molar-refractivity contribution in [3.63, 3.8) is 0 Å². The number of aryl methyl sites for hydroxylation is 3. The monoisotopic (exact) mass is 278 g/mol. The number of thiazole rings is 1. The molecule has 2 aromatic heterocycles. The fourth-order valence-corrected chi connectivity index (χ4v) is 3.29. The third-order valence-corrected chi connectivity index (χ3v) is 4.53. The minimum Gasteiger partial charge on any atom is -0.469 e. The Hall–Kier alpha value is -1.13. The lowest BCUT2D eigenvalue weighted by Crippen LogP contribution is -2.29. The number of aromatic nitrogens is 1. The topological polar surface area (TPSA) is 38.1 Å². The highest BCUT2D eigenvalue weighted by molar-refractivity contribution is 7.11. The molecule has 104 valence electrons.